The van der Waals surface area contributed by atoms with Crippen LogP contribution in [-0.4, -0.2) is 62.9 Å². The van der Waals surface area contributed by atoms with Crippen LogP contribution in [0, 0.1) is 11.3 Å². The van der Waals surface area contributed by atoms with E-state index in [1.807, 2.05) is 13.2 Å². The number of nitriles is 1. The lowest BCUT2D eigenvalue weighted by Crippen LogP contribution is -2.50. The van der Waals surface area contributed by atoms with Gasteiger partial charge in [-0.25, -0.2) is 18.4 Å². The van der Waals surface area contributed by atoms with Crippen molar-refractivity contribution in [3.05, 3.63) is 24.2 Å². The van der Waals surface area contributed by atoms with Crippen molar-refractivity contribution in [3.63, 3.8) is 0 Å². The molecule has 2 saturated heterocycles. The van der Waals surface area contributed by atoms with E-state index in [0.29, 0.717) is 30.3 Å². The molecule has 3 aliphatic rings. The van der Waals surface area contributed by atoms with Crippen LogP contribution in [0.3, 0.4) is 0 Å². The van der Waals surface area contributed by atoms with E-state index >= 15 is 0 Å². The number of sulfonamides is 1. The van der Waals surface area contributed by atoms with Crippen LogP contribution >= 0.6 is 0 Å². The highest BCUT2D eigenvalue weighted by Gasteiger charge is 2.52. The van der Waals surface area contributed by atoms with Crippen LogP contribution in [0.15, 0.2) is 18.6 Å². The molecular weight excluding hydrogens is 366 g/mol. The van der Waals surface area contributed by atoms with Gasteiger partial charge in [-0.15, -0.1) is 0 Å². The molecule has 1 aliphatic carbocycles. The highest BCUT2D eigenvalue weighted by molar-refractivity contribution is 7.90. The van der Waals surface area contributed by atoms with Gasteiger partial charge >= 0.3 is 0 Å². The number of aromatic nitrogens is 4. The maximum atomic E-state index is 12.6. The molecular formula is C17H19N7O2S. The first-order valence-electron chi connectivity index (χ1n) is 9.01. The second-order valence-electron chi connectivity index (χ2n) is 7.46. The molecule has 10 heteroatoms. The summed E-state index contributed by atoms with van der Waals surface area (Å²) in [6, 6.07) is 2.18. The summed E-state index contributed by atoms with van der Waals surface area (Å²) in [4.78, 5) is 11.0. The quantitative estimate of drug-likeness (QED) is 0.754. The van der Waals surface area contributed by atoms with Gasteiger partial charge in [-0.05, 0) is 19.3 Å². The summed E-state index contributed by atoms with van der Waals surface area (Å²) in [7, 11) is -1.35. The number of rotatable bonds is 4. The first kappa shape index (κ1) is 16.6. The van der Waals surface area contributed by atoms with Crippen LogP contribution < -0.4 is 4.90 Å². The summed E-state index contributed by atoms with van der Waals surface area (Å²) in [5.74, 6) is 1.10. The molecule has 5 rings (SSSR count). The van der Waals surface area contributed by atoms with Gasteiger partial charge in [-0.2, -0.15) is 14.7 Å². The van der Waals surface area contributed by atoms with Crippen molar-refractivity contribution >= 4 is 15.8 Å². The number of anilines is 1. The first-order chi connectivity index (χ1) is 13.0. The second-order valence-corrected chi connectivity index (χ2v) is 9.62. The summed E-state index contributed by atoms with van der Waals surface area (Å²) < 4.78 is 28.6. The van der Waals surface area contributed by atoms with Crippen LogP contribution in [0.25, 0.3) is 11.4 Å². The lowest BCUT2D eigenvalue weighted by atomic mass is 10.2. The van der Waals surface area contributed by atoms with Gasteiger partial charge in [-0.1, -0.05) is 0 Å². The van der Waals surface area contributed by atoms with Gasteiger partial charge in [0.1, 0.15) is 11.6 Å². The van der Waals surface area contributed by atoms with Crippen LogP contribution in [0.1, 0.15) is 24.8 Å². The Balaban J connectivity index is 1.45. The molecule has 1 saturated carbocycles. The Kier molecular flexibility index (Phi) is 3.54. The molecule has 9 nitrogen and oxygen atoms in total. The minimum Gasteiger partial charge on any atom is -0.349 e. The predicted octanol–water partition coefficient (Wildman–Crippen LogP) is 0.504. The van der Waals surface area contributed by atoms with E-state index in [2.05, 4.69) is 26.0 Å². The van der Waals surface area contributed by atoms with E-state index in [4.69, 9.17) is 0 Å². The predicted molar refractivity (Wildman–Crippen MR) is 97.1 cm³/mol. The van der Waals surface area contributed by atoms with Crippen molar-refractivity contribution in [1.29, 1.82) is 5.26 Å². The fourth-order valence-electron chi connectivity index (χ4n) is 4.11. The third-order valence-corrected chi connectivity index (χ3v) is 8.00. The number of nitrogens with zero attached hydrogens (tertiary/aromatic N) is 7. The highest BCUT2D eigenvalue weighted by Crippen LogP contribution is 2.41. The van der Waals surface area contributed by atoms with Gasteiger partial charge in [0, 0.05) is 38.4 Å². The lowest BCUT2D eigenvalue weighted by molar-refractivity contribution is 0.367. The third-order valence-electron chi connectivity index (χ3n) is 5.59. The molecule has 0 unspecified atom stereocenters. The molecule has 2 aromatic heterocycles. The molecule has 140 valence electrons. The van der Waals surface area contributed by atoms with E-state index in [-0.39, 0.29) is 17.3 Å². The van der Waals surface area contributed by atoms with E-state index in [0.717, 1.165) is 24.8 Å². The molecule has 0 N–H and O–H groups in total. The van der Waals surface area contributed by atoms with Crippen LogP contribution in [0.2, 0.25) is 0 Å². The van der Waals surface area contributed by atoms with Crippen molar-refractivity contribution in [3.8, 4) is 17.5 Å². The van der Waals surface area contributed by atoms with E-state index in [1.165, 1.54) is 6.20 Å². The molecule has 2 bridgehead atoms. The average molecular weight is 385 g/mol. The van der Waals surface area contributed by atoms with Crippen LogP contribution in [0.5, 0.6) is 0 Å². The van der Waals surface area contributed by atoms with Crippen molar-refractivity contribution < 1.29 is 8.42 Å². The SMILES string of the molecule is Cn1cc(-c2ncc(C#N)c(N3C[C@@H]4C[C@H]3CN4S(=O)(=O)C3CC3)n2)cn1. The maximum Gasteiger partial charge on any atom is 0.217 e. The molecule has 0 radical (unpaired) electrons. The average Bonchev–Trinajstić information content (AvgIpc) is 3.14. The van der Waals surface area contributed by atoms with Gasteiger partial charge in [0.25, 0.3) is 0 Å². The Bertz CT molecular complexity index is 1050. The number of hydrogen-bond donors (Lipinski definition) is 0. The fourth-order valence-corrected chi connectivity index (χ4v) is 6.17. The summed E-state index contributed by atoms with van der Waals surface area (Å²) >= 11 is 0. The minimum atomic E-state index is -3.17. The normalized spacial score (nSPS) is 25.1. The minimum absolute atomic E-state index is 0.0380. The Morgan fingerprint density at radius 2 is 2.04 bits per heavy atom. The van der Waals surface area contributed by atoms with Crippen molar-refractivity contribution in [2.45, 2.75) is 36.6 Å². The molecule has 2 aromatic rings. The zero-order valence-corrected chi connectivity index (χ0v) is 15.7. The number of hydrogen-bond acceptors (Lipinski definition) is 7. The molecule has 0 aromatic carbocycles. The topological polar surface area (TPSA) is 108 Å². The Labute approximate surface area is 157 Å². The molecule has 0 amide bonds. The fraction of sp³-hybridized carbons (Fsp3) is 0.529. The molecule has 3 fully saturated rings. The zero-order chi connectivity index (χ0) is 18.8. The molecule has 2 aliphatic heterocycles. The van der Waals surface area contributed by atoms with Gasteiger partial charge < -0.3 is 4.90 Å². The summed E-state index contributed by atoms with van der Waals surface area (Å²) in [6.07, 6.45) is 7.38. The second kappa shape index (κ2) is 5.74. The number of fused-ring (bicyclic) bond motifs is 2. The van der Waals surface area contributed by atoms with Crippen LogP contribution in [-0.2, 0) is 17.1 Å². The summed E-state index contributed by atoms with van der Waals surface area (Å²) in [5.41, 5.74) is 1.19. The first-order valence-corrected chi connectivity index (χ1v) is 10.5. The van der Waals surface area contributed by atoms with Crippen molar-refractivity contribution in [2.24, 2.45) is 7.05 Å². The monoisotopic (exact) mass is 385 g/mol. The van der Waals surface area contributed by atoms with Gasteiger partial charge in [0.15, 0.2) is 11.6 Å². The smallest absolute Gasteiger partial charge is 0.217 e. The van der Waals surface area contributed by atoms with Crippen LogP contribution in [0.4, 0.5) is 5.82 Å². The van der Waals surface area contributed by atoms with Crippen molar-refractivity contribution in [1.82, 2.24) is 24.1 Å². The summed E-state index contributed by atoms with van der Waals surface area (Å²) in [6.45, 7) is 1.04. The Morgan fingerprint density at radius 3 is 2.63 bits per heavy atom. The molecule has 0 spiro atoms. The maximum absolute atomic E-state index is 12.6. The Morgan fingerprint density at radius 1 is 1.22 bits per heavy atom. The standard InChI is InChI=1S/C17H19N7O2S/c1-22-8-12(7-20-22)16-19-6-11(5-18)17(21-16)23-9-14-4-13(23)10-24(14)27(25,26)15-2-3-15/h6-8,13-15H,2-4,9-10H2,1H3/t13-,14-/m0/s1. The van der Waals surface area contributed by atoms with E-state index in [1.54, 1.807) is 15.2 Å². The number of piperazine rings is 1. The molecule has 27 heavy (non-hydrogen) atoms. The lowest BCUT2D eigenvalue weighted by Gasteiger charge is -2.34. The van der Waals surface area contributed by atoms with Gasteiger partial charge in [0.2, 0.25) is 10.0 Å². The zero-order valence-electron chi connectivity index (χ0n) is 14.9. The molecule has 2 atom stereocenters. The summed E-state index contributed by atoms with van der Waals surface area (Å²) in [5, 5.41) is 13.5. The van der Waals surface area contributed by atoms with E-state index in [9.17, 15) is 13.7 Å². The van der Waals surface area contributed by atoms with Gasteiger partial charge in [-0.3, -0.25) is 4.68 Å². The van der Waals surface area contributed by atoms with Gasteiger partial charge in [0.05, 0.1) is 23.2 Å². The molecule has 4 heterocycles. The largest absolute Gasteiger partial charge is 0.349 e. The van der Waals surface area contributed by atoms with Crippen molar-refractivity contribution in [2.75, 3.05) is 18.0 Å². The Hall–Kier alpha value is -2.51. The van der Waals surface area contributed by atoms with E-state index < -0.39 is 10.0 Å². The highest BCUT2D eigenvalue weighted by atomic mass is 32.2. The third kappa shape index (κ3) is 2.61. The number of aryl methyl sites for hydroxylation is 1.